The third-order valence-corrected chi connectivity index (χ3v) is 17.0. The molecular formula is C61H69N5O4S3. The molecule has 0 bridgehead atoms. The van der Waals surface area contributed by atoms with Gasteiger partial charge in [0.05, 0.1) is 63.9 Å². The Balaban J connectivity index is 0.000000148. The first-order valence-electron chi connectivity index (χ1n) is 25.4. The summed E-state index contributed by atoms with van der Waals surface area (Å²) in [4.78, 5) is 25.8. The second kappa shape index (κ2) is 29.1. The van der Waals surface area contributed by atoms with Crippen LogP contribution in [-0.4, -0.2) is 102 Å². The minimum absolute atomic E-state index is 0.0266. The number of benzene rings is 5. The van der Waals surface area contributed by atoms with Crippen LogP contribution in [-0.2, 0) is 32.1 Å². The summed E-state index contributed by atoms with van der Waals surface area (Å²) >= 11 is 5.00. The van der Waals surface area contributed by atoms with Gasteiger partial charge in [0, 0.05) is 71.7 Å². The van der Waals surface area contributed by atoms with E-state index in [-0.39, 0.29) is 39.2 Å². The molecule has 5 aromatic carbocycles. The smallest absolute Gasteiger partial charge is 0.186 e. The van der Waals surface area contributed by atoms with Crippen molar-refractivity contribution >= 4 is 40.4 Å². The Morgan fingerprint density at radius 2 is 0.932 bits per heavy atom. The summed E-state index contributed by atoms with van der Waals surface area (Å²) < 4.78 is 18.3. The number of morpholine rings is 3. The molecule has 7 aromatic rings. The number of rotatable bonds is 15. The lowest BCUT2D eigenvalue weighted by atomic mass is 10.1. The third-order valence-electron chi connectivity index (χ3n) is 12.9. The fourth-order valence-corrected chi connectivity index (χ4v) is 12.6. The molecule has 5 heterocycles. The van der Waals surface area contributed by atoms with Crippen LogP contribution in [0.3, 0.4) is 0 Å². The van der Waals surface area contributed by atoms with Crippen LogP contribution in [0, 0.1) is 13.8 Å². The minimum Gasteiger partial charge on any atom is -0.374 e. The summed E-state index contributed by atoms with van der Waals surface area (Å²) in [5.41, 5.74) is 8.84. The van der Waals surface area contributed by atoms with Crippen molar-refractivity contribution in [3.8, 4) is 0 Å². The predicted molar refractivity (Wildman–Crippen MR) is 301 cm³/mol. The number of carbonyl (C=O) groups is 1. The lowest BCUT2D eigenvalue weighted by Gasteiger charge is -2.37. The normalized spacial score (nSPS) is 19.5. The Hall–Kier alpha value is -5.12. The van der Waals surface area contributed by atoms with Crippen LogP contribution >= 0.6 is 35.3 Å². The van der Waals surface area contributed by atoms with E-state index in [1.165, 1.54) is 45.1 Å². The summed E-state index contributed by atoms with van der Waals surface area (Å²) in [7, 11) is 0. The second-order valence-corrected chi connectivity index (χ2v) is 22.0. The Bertz CT molecular complexity index is 2670. The second-order valence-electron chi connectivity index (χ2n) is 18.5. The summed E-state index contributed by atoms with van der Waals surface area (Å²) in [6.45, 7) is 15.5. The number of hydrogen-bond donors (Lipinski definition) is 1. The number of pyridine rings is 2. The molecule has 0 saturated carbocycles. The number of thioether (sulfide) groups is 3. The number of nitrogens with zero attached hydrogens (tertiary/aromatic N) is 4. The SMILES string of the molecule is CC(=O)S[C@@H](c1ccccc1)[C@@H]1CN(Cc2ccccc2)CCO1.Cc1cccnc1S[C@@H](c1ccccc1)[C@@H]1CN(Cc2ccccc2)CCO1.Cc1cccnc1S[C@@H](c1ccccc1)[C@@H]1CNCCO1. The van der Waals surface area contributed by atoms with E-state index in [0.29, 0.717) is 6.61 Å². The molecule has 12 heteroatoms. The molecule has 6 atom stereocenters. The van der Waals surface area contributed by atoms with Gasteiger partial charge in [-0.05, 0) is 64.9 Å². The Kier molecular flexibility index (Phi) is 21.6. The average Bonchev–Trinajstić information content (AvgIpc) is 3.44. The quantitative estimate of drug-likeness (QED) is 0.0992. The zero-order valence-electron chi connectivity index (χ0n) is 42.3. The molecule has 0 aliphatic carbocycles. The van der Waals surface area contributed by atoms with Crippen molar-refractivity contribution in [2.45, 2.75) is 78.0 Å². The molecule has 0 spiro atoms. The van der Waals surface area contributed by atoms with Crippen molar-refractivity contribution in [3.63, 3.8) is 0 Å². The van der Waals surface area contributed by atoms with E-state index in [9.17, 15) is 4.79 Å². The van der Waals surface area contributed by atoms with Gasteiger partial charge in [-0.2, -0.15) is 0 Å². The van der Waals surface area contributed by atoms with Crippen molar-refractivity contribution in [2.75, 3.05) is 59.1 Å². The van der Waals surface area contributed by atoms with Gasteiger partial charge in [-0.15, -0.1) is 0 Å². The zero-order valence-corrected chi connectivity index (χ0v) is 44.7. The molecule has 3 fully saturated rings. The van der Waals surface area contributed by atoms with E-state index in [1.54, 1.807) is 18.7 Å². The lowest BCUT2D eigenvalue weighted by Crippen LogP contribution is -2.44. The lowest BCUT2D eigenvalue weighted by molar-refractivity contribution is -0.109. The molecule has 0 amide bonds. The zero-order chi connectivity index (χ0) is 50.5. The molecule has 9 nitrogen and oxygen atoms in total. The van der Waals surface area contributed by atoms with E-state index in [4.69, 9.17) is 14.2 Å². The highest BCUT2D eigenvalue weighted by Gasteiger charge is 2.33. The molecule has 3 saturated heterocycles. The summed E-state index contributed by atoms with van der Waals surface area (Å²) in [5, 5.41) is 6.24. The summed E-state index contributed by atoms with van der Waals surface area (Å²) in [6.07, 6.45) is 4.07. The van der Waals surface area contributed by atoms with E-state index in [2.05, 4.69) is 178 Å². The Morgan fingerprint density at radius 1 is 0.534 bits per heavy atom. The van der Waals surface area contributed by atoms with Crippen molar-refractivity contribution < 1.29 is 19.0 Å². The van der Waals surface area contributed by atoms with Crippen LogP contribution in [0.25, 0.3) is 0 Å². The first-order chi connectivity index (χ1) is 35.9. The van der Waals surface area contributed by atoms with Gasteiger partial charge in [-0.3, -0.25) is 14.6 Å². The summed E-state index contributed by atoms with van der Waals surface area (Å²) in [5.74, 6) is 0. The molecule has 3 aliphatic rings. The van der Waals surface area contributed by atoms with Crippen molar-refractivity contribution in [1.82, 2.24) is 25.1 Å². The highest BCUT2D eigenvalue weighted by molar-refractivity contribution is 8.13. The number of carbonyl (C=O) groups excluding carboxylic acids is 1. The van der Waals surface area contributed by atoms with Crippen LogP contribution in [0.1, 0.15) is 61.6 Å². The van der Waals surface area contributed by atoms with Crippen LogP contribution < -0.4 is 5.32 Å². The highest BCUT2D eigenvalue weighted by Crippen LogP contribution is 2.42. The monoisotopic (exact) mass is 1030 g/mol. The predicted octanol–water partition coefficient (Wildman–Crippen LogP) is 12.2. The standard InChI is InChI=1S/C24H26N2OS.C20H23NO2S.C17H20N2OS/c1-19-9-8-14-25-24(19)28-23(21-12-6-3-7-13-21)22-18-26(15-16-27-22)17-20-10-4-2-5-11-20;1-16(22)24-20(18-10-6-3-7-11-18)19-15-21(12-13-23-19)14-17-8-4-2-5-9-17;1-13-6-5-9-19-17(13)21-16(14-7-3-2-4-8-14)15-12-18-10-11-20-15/h2-14,22-23H,15-18H2,1H3;2-11,19-20H,12-15H2,1H3;2-9,15-16,18H,10-12H2,1H3/t22-,23-;19-,20-;15-,16-/m000/s1. The molecule has 73 heavy (non-hydrogen) atoms. The van der Waals surface area contributed by atoms with E-state index in [0.717, 1.165) is 81.2 Å². The molecule has 0 radical (unpaired) electrons. The van der Waals surface area contributed by atoms with Gasteiger partial charge in [0.25, 0.3) is 0 Å². The number of aromatic nitrogens is 2. The fraction of sp³-hybridized carbons (Fsp3) is 0.328. The van der Waals surface area contributed by atoms with Gasteiger partial charge in [0.2, 0.25) is 0 Å². The maximum Gasteiger partial charge on any atom is 0.186 e. The average molecular weight is 1030 g/mol. The van der Waals surface area contributed by atoms with Gasteiger partial charge in [0.15, 0.2) is 5.12 Å². The van der Waals surface area contributed by atoms with Crippen molar-refractivity contribution in [1.29, 1.82) is 0 Å². The van der Waals surface area contributed by atoms with Gasteiger partial charge in [-0.25, -0.2) is 9.97 Å². The molecule has 1 N–H and O–H groups in total. The molecule has 380 valence electrons. The number of aryl methyl sites for hydroxylation is 2. The molecule has 10 rings (SSSR count). The van der Waals surface area contributed by atoms with Gasteiger partial charge in [0.1, 0.15) is 0 Å². The third kappa shape index (κ3) is 16.9. The van der Waals surface area contributed by atoms with E-state index < -0.39 is 0 Å². The molecule has 3 aliphatic heterocycles. The first-order valence-corrected chi connectivity index (χ1v) is 28.1. The van der Waals surface area contributed by atoms with E-state index in [1.807, 2.05) is 60.6 Å². The molecule has 2 aromatic heterocycles. The highest BCUT2D eigenvalue weighted by atomic mass is 32.2. The van der Waals surface area contributed by atoms with Crippen molar-refractivity contribution in [3.05, 3.63) is 227 Å². The Labute approximate surface area is 446 Å². The van der Waals surface area contributed by atoms with Crippen LogP contribution in [0.2, 0.25) is 0 Å². The molecule has 0 unspecified atom stereocenters. The first kappa shape index (κ1) is 54.2. The van der Waals surface area contributed by atoms with Crippen LogP contribution in [0.15, 0.2) is 198 Å². The largest absolute Gasteiger partial charge is 0.374 e. The van der Waals surface area contributed by atoms with Crippen LogP contribution in [0.5, 0.6) is 0 Å². The number of nitrogens with one attached hydrogen (secondary N) is 1. The summed E-state index contributed by atoms with van der Waals surface area (Å²) in [6, 6.07) is 60.9. The fourth-order valence-electron chi connectivity index (χ4n) is 9.19. The maximum absolute atomic E-state index is 11.7. The Morgan fingerprint density at radius 3 is 1.34 bits per heavy atom. The van der Waals surface area contributed by atoms with Crippen LogP contribution in [0.4, 0.5) is 0 Å². The minimum atomic E-state index is 0.0266. The van der Waals surface area contributed by atoms with Gasteiger partial charge >= 0.3 is 0 Å². The van der Waals surface area contributed by atoms with Crippen molar-refractivity contribution in [2.24, 2.45) is 0 Å². The number of ether oxygens (including phenoxy) is 3. The topological polar surface area (TPSA) is 89.1 Å². The van der Waals surface area contributed by atoms with E-state index >= 15 is 0 Å². The number of hydrogen-bond acceptors (Lipinski definition) is 12. The van der Waals surface area contributed by atoms with Gasteiger partial charge in [-0.1, -0.05) is 199 Å². The maximum atomic E-state index is 11.7. The van der Waals surface area contributed by atoms with Gasteiger partial charge < -0.3 is 19.5 Å². The molecular weight excluding hydrogens is 963 g/mol.